The molecule has 2 N–H and O–H groups in total. The Morgan fingerprint density at radius 1 is 1.46 bits per heavy atom. The van der Waals surface area contributed by atoms with Crippen LogP contribution in [0.2, 0.25) is 0 Å². The van der Waals surface area contributed by atoms with Gasteiger partial charge in [-0.2, -0.15) is 0 Å². The summed E-state index contributed by atoms with van der Waals surface area (Å²) in [5, 5.41) is 11.9. The topological polar surface area (TPSA) is 41.5 Å². The lowest BCUT2D eigenvalue weighted by Crippen LogP contribution is -2.24. The minimum Gasteiger partial charge on any atom is -0.496 e. The second kappa shape index (κ2) is 4.84. The van der Waals surface area contributed by atoms with Crippen LogP contribution in [0, 0.1) is 0 Å². The average molecular weight is 181 g/mol. The zero-order valence-electron chi connectivity index (χ0n) is 7.95. The van der Waals surface area contributed by atoms with Crippen molar-refractivity contribution in [1.29, 1.82) is 0 Å². The van der Waals surface area contributed by atoms with Crippen molar-refractivity contribution in [2.24, 2.45) is 0 Å². The number of aliphatic hydroxyl groups is 1. The maximum atomic E-state index is 9.03. The molecule has 0 saturated carbocycles. The monoisotopic (exact) mass is 181 g/mol. The van der Waals surface area contributed by atoms with Gasteiger partial charge in [0.15, 0.2) is 0 Å². The minimum atomic E-state index is -0.495. The Morgan fingerprint density at radius 2 is 2.15 bits per heavy atom. The van der Waals surface area contributed by atoms with Gasteiger partial charge in [0.05, 0.1) is 7.11 Å². The van der Waals surface area contributed by atoms with Crippen molar-refractivity contribution in [3.05, 3.63) is 29.8 Å². The molecule has 3 heteroatoms. The van der Waals surface area contributed by atoms with Gasteiger partial charge in [0.25, 0.3) is 0 Å². The Morgan fingerprint density at radius 3 is 2.77 bits per heavy atom. The van der Waals surface area contributed by atoms with Crippen molar-refractivity contribution in [1.82, 2.24) is 5.32 Å². The smallest absolute Gasteiger partial charge is 0.123 e. The second-order valence-corrected chi connectivity index (χ2v) is 2.87. The maximum Gasteiger partial charge on any atom is 0.123 e. The molecule has 72 valence electrons. The Hall–Kier alpha value is -1.06. The number of rotatable bonds is 4. The molecular formula is C10H15NO2. The summed E-state index contributed by atoms with van der Waals surface area (Å²) in [6.07, 6.45) is -0.495. The summed E-state index contributed by atoms with van der Waals surface area (Å²) in [5.74, 6) is 0.843. The third-order valence-electron chi connectivity index (χ3n) is 1.78. The summed E-state index contributed by atoms with van der Waals surface area (Å²) in [7, 11) is 1.64. The number of ether oxygens (including phenoxy) is 1. The van der Waals surface area contributed by atoms with Crippen molar-refractivity contribution < 1.29 is 9.84 Å². The molecule has 3 nitrogen and oxygen atoms in total. The summed E-state index contributed by atoms with van der Waals surface area (Å²) < 4.78 is 5.16. The van der Waals surface area contributed by atoms with Crippen molar-refractivity contribution in [2.45, 2.75) is 19.7 Å². The number of nitrogens with one attached hydrogen (secondary N) is 1. The van der Waals surface area contributed by atoms with Gasteiger partial charge in [0, 0.05) is 12.1 Å². The maximum absolute atomic E-state index is 9.03. The Bertz CT molecular complexity index is 261. The molecule has 0 radical (unpaired) electrons. The molecule has 0 heterocycles. The largest absolute Gasteiger partial charge is 0.496 e. The number of hydrogen-bond acceptors (Lipinski definition) is 3. The van der Waals surface area contributed by atoms with Crippen LogP contribution in [0.1, 0.15) is 12.5 Å². The van der Waals surface area contributed by atoms with Crippen LogP contribution in [0.5, 0.6) is 5.75 Å². The SMILES string of the molecule is COc1ccccc1CNC(C)O. The van der Waals surface area contributed by atoms with Gasteiger partial charge < -0.3 is 9.84 Å². The van der Waals surface area contributed by atoms with E-state index in [1.807, 2.05) is 24.3 Å². The van der Waals surface area contributed by atoms with Crippen molar-refractivity contribution in [3.8, 4) is 5.75 Å². The van der Waals surface area contributed by atoms with Crippen LogP contribution in [0.4, 0.5) is 0 Å². The van der Waals surface area contributed by atoms with Crippen LogP contribution >= 0.6 is 0 Å². The van der Waals surface area contributed by atoms with E-state index in [0.717, 1.165) is 11.3 Å². The quantitative estimate of drug-likeness (QED) is 0.684. The van der Waals surface area contributed by atoms with E-state index in [1.165, 1.54) is 0 Å². The first-order valence-corrected chi connectivity index (χ1v) is 4.27. The zero-order chi connectivity index (χ0) is 9.68. The Balaban J connectivity index is 2.64. The molecule has 1 aromatic rings. The van der Waals surface area contributed by atoms with Gasteiger partial charge in [-0.1, -0.05) is 18.2 Å². The molecule has 1 unspecified atom stereocenters. The highest BCUT2D eigenvalue weighted by atomic mass is 16.5. The normalized spacial score (nSPS) is 12.5. The van der Waals surface area contributed by atoms with Gasteiger partial charge >= 0.3 is 0 Å². The summed E-state index contributed by atoms with van der Waals surface area (Å²) in [6, 6.07) is 7.74. The van der Waals surface area contributed by atoms with Crippen LogP contribution in [-0.2, 0) is 6.54 Å². The van der Waals surface area contributed by atoms with E-state index >= 15 is 0 Å². The third-order valence-corrected chi connectivity index (χ3v) is 1.78. The molecule has 0 saturated heterocycles. The highest BCUT2D eigenvalue weighted by Gasteiger charge is 2.01. The molecule has 0 bridgehead atoms. The fourth-order valence-electron chi connectivity index (χ4n) is 1.11. The molecule has 0 aromatic heterocycles. The van der Waals surface area contributed by atoms with E-state index in [-0.39, 0.29) is 0 Å². The summed E-state index contributed by atoms with van der Waals surface area (Å²) in [4.78, 5) is 0. The summed E-state index contributed by atoms with van der Waals surface area (Å²) in [5.41, 5.74) is 1.05. The predicted molar refractivity (Wildman–Crippen MR) is 51.5 cm³/mol. The van der Waals surface area contributed by atoms with Crippen molar-refractivity contribution in [2.75, 3.05) is 7.11 Å². The van der Waals surface area contributed by atoms with Crippen molar-refractivity contribution >= 4 is 0 Å². The van der Waals surface area contributed by atoms with Crippen LogP contribution in [0.15, 0.2) is 24.3 Å². The third kappa shape index (κ3) is 3.05. The van der Waals surface area contributed by atoms with Crippen LogP contribution in [0.3, 0.4) is 0 Å². The van der Waals surface area contributed by atoms with Gasteiger partial charge in [0.2, 0.25) is 0 Å². The molecule has 0 aliphatic rings. The molecule has 1 atom stereocenters. The summed E-state index contributed by atoms with van der Waals surface area (Å²) in [6.45, 7) is 2.30. The Kier molecular flexibility index (Phi) is 3.73. The van der Waals surface area contributed by atoms with Crippen LogP contribution < -0.4 is 10.1 Å². The van der Waals surface area contributed by atoms with E-state index in [2.05, 4.69) is 5.32 Å². The number of methoxy groups -OCH3 is 1. The highest BCUT2D eigenvalue weighted by Crippen LogP contribution is 2.16. The second-order valence-electron chi connectivity index (χ2n) is 2.87. The number of aliphatic hydroxyl groups excluding tert-OH is 1. The molecule has 1 rings (SSSR count). The molecule has 13 heavy (non-hydrogen) atoms. The lowest BCUT2D eigenvalue weighted by molar-refractivity contribution is 0.154. The van der Waals surface area contributed by atoms with E-state index in [0.29, 0.717) is 6.54 Å². The first-order chi connectivity index (χ1) is 6.24. The minimum absolute atomic E-state index is 0.495. The molecular weight excluding hydrogens is 166 g/mol. The molecule has 0 aliphatic carbocycles. The zero-order valence-corrected chi connectivity index (χ0v) is 7.95. The van der Waals surface area contributed by atoms with Crippen molar-refractivity contribution in [3.63, 3.8) is 0 Å². The predicted octanol–water partition coefficient (Wildman–Crippen LogP) is 1.12. The lowest BCUT2D eigenvalue weighted by Gasteiger charge is -2.10. The van der Waals surface area contributed by atoms with E-state index in [4.69, 9.17) is 9.84 Å². The van der Waals surface area contributed by atoms with Gasteiger partial charge in [-0.05, 0) is 13.0 Å². The Labute approximate surface area is 78.3 Å². The average Bonchev–Trinajstić information content (AvgIpc) is 2.15. The van der Waals surface area contributed by atoms with Gasteiger partial charge in [-0.15, -0.1) is 0 Å². The first kappa shape index (κ1) is 10.0. The van der Waals surface area contributed by atoms with Crippen LogP contribution in [0.25, 0.3) is 0 Å². The molecule has 0 spiro atoms. The number of hydrogen-bond donors (Lipinski definition) is 2. The van der Waals surface area contributed by atoms with E-state index < -0.39 is 6.23 Å². The van der Waals surface area contributed by atoms with E-state index in [9.17, 15) is 0 Å². The number of para-hydroxylation sites is 1. The van der Waals surface area contributed by atoms with Gasteiger partial charge in [0.1, 0.15) is 12.0 Å². The molecule has 0 aliphatic heterocycles. The number of benzene rings is 1. The van der Waals surface area contributed by atoms with Crippen LogP contribution in [-0.4, -0.2) is 18.4 Å². The lowest BCUT2D eigenvalue weighted by atomic mass is 10.2. The molecule has 0 fully saturated rings. The standard InChI is InChI=1S/C10H15NO2/c1-8(12)11-7-9-5-3-4-6-10(9)13-2/h3-6,8,11-12H,7H2,1-2H3. The first-order valence-electron chi connectivity index (χ1n) is 4.27. The van der Waals surface area contributed by atoms with Gasteiger partial charge in [-0.3, -0.25) is 5.32 Å². The summed E-state index contributed by atoms with van der Waals surface area (Å²) >= 11 is 0. The van der Waals surface area contributed by atoms with E-state index in [1.54, 1.807) is 14.0 Å². The molecule has 0 amide bonds. The molecule has 1 aromatic carbocycles. The fourth-order valence-corrected chi connectivity index (χ4v) is 1.11. The highest BCUT2D eigenvalue weighted by molar-refractivity contribution is 5.32. The van der Waals surface area contributed by atoms with Gasteiger partial charge in [-0.25, -0.2) is 0 Å². The fraction of sp³-hybridized carbons (Fsp3) is 0.400.